The second-order valence-electron chi connectivity index (χ2n) is 13.3. The number of aryl methyl sites for hydroxylation is 1. The normalized spacial score (nSPS) is 12.5. The second-order valence-corrected chi connectivity index (χ2v) is 17.8. The molecule has 2 N–H and O–H groups in total. The van der Waals surface area contributed by atoms with Crippen LogP contribution in [-0.4, -0.2) is 64.9 Å². The Kier molecular flexibility index (Phi) is 21.2. The third-order valence-corrected chi connectivity index (χ3v) is 13.6. The van der Waals surface area contributed by atoms with E-state index < -0.39 is 53.8 Å². The molecule has 0 aliphatic rings. The number of hydrogen-bond acceptors (Lipinski definition) is 5. The maximum atomic E-state index is 11.4. The molecule has 5 nitrogen and oxygen atoms in total. The molecule has 0 radical (unpaired) electrons. The van der Waals surface area contributed by atoms with Crippen LogP contribution in [0.5, 0.6) is 0 Å². The Morgan fingerprint density at radius 2 is 1.03 bits per heavy atom. The van der Waals surface area contributed by atoms with Crippen LogP contribution in [0.3, 0.4) is 0 Å². The molecule has 330 valence electrons. The van der Waals surface area contributed by atoms with Gasteiger partial charge in [0.15, 0.2) is 0 Å². The van der Waals surface area contributed by atoms with Crippen molar-refractivity contribution >= 4 is 10.1 Å². The van der Waals surface area contributed by atoms with Crippen LogP contribution < -0.4 is 21.2 Å². The Balaban J connectivity index is 0.000000430. The SMILES string of the molecule is CC(O)(C(F)(F)F)C(F)(F)F.CC(O)(C(F)(F)F)C(F)(F)F.CCC[I-]c1cccc(CCC)c1[N]=[Mo]=[CH]C(C)(C)c1ccccc1.c1ccc(-c2ccccn2)nc1. The molecule has 2 heterocycles. The number of aromatic nitrogens is 2. The summed E-state index contributed by atoms with van der Waals surface area (Å²) in [5.41, 5.74) is -3.11. The van der Waals surface area contributed by atoms with Crippen molar-refractivity contribution in [3.05, 3.63) is 112 Å². The maximum absolute atomic E-state index is 11.4. The van der Waals surface area contributed by atoms with E-state index in [-0.39, 0.29) is 40.5 Å². The number of aliphatic hydroxyl groups is 2. The van der Waals surface area contributed by atoms with Crippen LogP contribution >= 0.6 is 0 Å². The number of hydrogen-bond donors (Lipinski definition) is 2. The molecule has 0 fully saturated rings. The summed E-state index contributed by atoms with van der Waals surface area (Å²) in [5, 5.41) is 15.9. The number of benzene rings is 2. The first-order valence-corrected chi connectivity index (χ1v) is 22.2. The van der Waals surface area contributed by atoms with Gasteiger partial charge in [-0.05, 0) is 38.1 Å². The molecule has 2 aromatic carbocycles. The van der Waals surface area contributed by atoms with Gasteiger partial charge in [0.2, 0.25) is 0 Å². The number of halogens is 13. The van der Waals surface area contributed by atoms with Crippen LogP contribution in [0.25, 0.3) is 11.4 Å². The van der Waals surface area contributed by atoms with Gasteiger partial charge < -0.3 is 10.2 Å². The molecule has 4 aromatic rings. The van der Waals surface area contributed by atoms with Crippen molar-refractivity contribution in [3.63, 3.8) is 0 Å². The van der Waals surface area contributed by atoms with E-state index in [0.29, 0.717) is 0 Å². The first kappa shape index (κ1) is 53.9. The summed E-state index contributed by atoms with van der Waals surface area (Å²) < 4.78 is 147. The molecular weight excluding hydrogens is 1010 g/mol. The van der Waals surface area contributed by atoms with Crippen molar-refractivity contribution in [1.29, 1.82) is 0 Å². The summed E-state index contributed by atoms with van der Waals surface area (Å²) in [6, 6.07) is 29.3. The van der Waals surface area contributed by atoms with E-state index in [1.165, 1.54) is 34.1 Å². The molecule has 4 rings (SSSR count). The van der Waals surface area contributed by atoms with Crippen LogP contribution in [0.4, 0.5) is 58.4 Å². The van der Waals surface area contributed by atoms with Gasteiger partial charge in [-0.15, -0.1) is 0 Å². The van der Waals surface area contributed by atoms with Gasteiger partial charge in [0.25, 0.3) is 11.2 Å². The van der Waals surface area contributed by atoms with Crippen molar-refractivity contribution in [3.8, 4) is 11.4 Å². The topological polar surface area (TPSA) is 78.6 Å². The summed E-state index contributed by atoms with van der Waals surface area (Å²) in [6.45, 7) is 8.49. The maximum Gasteiger partial charge on any atom is 0.0886 e. The smallest absolute Gasteiger partial charge is 0.0886 e. The molecule has 0 amide bonds. The number of alkyl halides is 13. The third-order valence-electron chi connectivity index (χ3n) is 7.83. The summed E-state index contributed by atoms with van der Waals surface area (Å²) in [7, 11) is 0. The van der Waals surface area contributed by atoms with Crippen LogP contribution in [-0.2, 0) is 29.8 Å². The largest absolute Gasteiger partial charge is 0.255 e. The minimum absolute atomic E-state index is 0.0989. The van der Waals surface area contributed by atoms with Gasteiger partial charge in [-0.2, -0.15) is 52.7 Å². The zero-order chi connectivity index (χ0) is 45.3. The van der Waals surface area contributed by atoms with E-state index in [0.717, 1.165) is 17.8 Å². The molecule has 19 heteroatoms. The fraction of sp³-hybridized carbons (Fsp3) is 0.425. The molecule has 2 aromatic heterocycles. The van der Waals surface area contributed by atoms with Crippen LogP contribution in [0.2, 0.25) is 0 Å². The molecule has 0 bridgehead atoms. The van der Waals surface area contributed by atoms with Crippen LogP contribution in [0, 0.1) is 3.57 Å². The van der Waals surface area contributed by atoms with Gasteiger partial charge in [-0.3, -0.25) is 9.97 Å². The summed E-state index contributed by atoms with van der Waals surface area (Å²) in [6.07, 6.45) is -15.6. The van der Waals surface area contributed by atoms with Gasteiger partial charge in [0.05, 0.1) is 11.4 Å². The zero-order valence-corrected chi connectivity index (χ0v) is 36.9. The van der Waals surface area contributed by atoms with E-state index in [9.17, 15) is 52.7 Å². The molecule has 0 saturated heterocycles. The van der Waals surface area contributed by atoms with E-state index >= 15 is 0 Å². The van der Waals surface area contributed by atoms with Crippen LogP contribution in [0.15, 0.2) is 101 Å². The molecule has 0 unspecified atom stereocenters. The number of nitrogens with zero attached hydrogens (tertiary/aromatic N) is 3. The van der Waals surface area contributed by atoms with Crippen LogP contribution in [0.1, 0.15) is 65.5 Å². The average Bonchev–Trinajstić information content (AvgIpc) is 3.15. The zero-order valence-electron chi connectivity index (χ0n) is 32.7. The fourth-order valence-electron chi connectivity index (χ4n) is 3.93. The van der Waals surface area contributed by atoms with Gasteiger partial charge in [0.1, 0.15) is 0 Å². The first-order valence-electron chi connectivity index (χ1n) is 17.6. The van der Waals surface area contributed by atoms with Crippen molar-refractivity contribution in [2.75, 3.05) is 4.43 Å². The Morgan fingerprint density at radius 3 is 1.39 bits per heavy atom. The van der Waals surface area contributed by atoms with Crippen molar-refractivity contribution in [2.24, 2.45) is 3.50 Å². The summed E-state index contributed by atoms with van der Waals surface area (Å²) in [5.74, 6) is 0. The number of pyridine rings is 2. The van der Waals surface area contributed by atoms with Gasteiger partial charge >= 0.3 is 197 Å². The monoisotopic (exact) mass is 1050 g/mol. The standard InChI is InChI=1S/C12H17IN.C10H8N2.C10H12.2C4H4F6O.Mo/c1-3-6-10-7-5-8-11(12(10)14)13-9-4-2;1-3-7-11-9(5-1)10-6-2-4-8-12-10;1-10(2,3)9-7-5-4-6-8-9;2*1-2(11,3(5,6)7)4(8,9)10;/h5,7-8H,3-4,6,9H2,1-2H3;1-8H;1,4-8H,2-3H3;2*11H,1H3;/q-1;;;;;. The van der Waals surface area contributed by atoms with Crippen molar-refractivity contribution in [1.82, 2.24) is 9.97 Å². The molecule has 59 heavy (non-hydrogen) atoms. The minimum atomic E-state index is -5.69. The van der Waals surface area contributed by atoms with Crippen molar-refractivity contribution < 1.29 is 102 Å². The van der Waals surface area contributed by atoms with E-state index in [2.05, 4.69) is 90.6 Å². The minimum Gasteiger partial charge on any atom is -0.255 e. The van der Waals surface area contributed by atoms with E-state index in [4.69, 9.17) is 13.7 Å². The fourth-order valence-corrected chi connectivity index (χ4v) is 8.68. The molecule has 0 spiro atoms. The summed E-state index contributed by atoms with van der Waals surface area (Å²) in [4.78, 5) is 8.37. The number of rotatable bonds is 9. The molecule has 0 aliphatic heterocycles. The van der Waals surface area contributed by atoms with E-state index in [1.54, 1.807) is 16.0 Å². The molecule has 0 aliphatic carbocycles. The molecular formula is C40H45F12IMoN3O2-. The third kappa shape index (κ3) is 17.1. The first-order chi connectivity index (χ1) is 27.0. The average molecular weight is 1050 g/mol. The Bertz CT molecular complexity index is 1780. The van der Waals surface area contributed by atoms with Crippen molar-refractivity contribution in [2.45, 2.75) is 102 Å². The van der Waals surface area contributed by atoms with Gasteiger partial charge in [-0.1, -0.05) is 12.1 Å². The molecule has 0 atom stereocenters. The summed E-state index contributed by atoms with van der Waals surface area (Å²) >= 11 is -0.413. The second kappa shape index (κ2) is 23.2. The van der Waals surface area contributed by atoms with Gasteiger partial charge in [-0.25, -0.2) is 0 Å². The van der Waals surface area contributed by atoms with Gasteiger partial charge in [0, 0.05) is 12.4 Å². The van der Waals surface area contributed by atoms with E-state index in [1.807, 2.05) is 36.4 Å². The predicted octanol–water partition coefficient (Wildman–Crippen LogP) is 8.85. The Labute approximate surface area is 353 Å². The predicted molar refractivity (Wildman–Crippen MR) is 195 cm³/mol. The quantitative estimate of drug-likeness (QED) is 0.0761. The Hall–Kier alpha value is -3.09. The molecule has 0 saturated carbocycles. The Morgan fingerprint density at radius 1 is 0.593 bits per heavy atom.